The van der Waals surface area contributed by atoms with E-state index in [1.807, 2.05) is 38.1 Å². The van der Waals surface area contributed by atoms with Crippen LogP contribution in [0.4, 0.5) is 8.78 Å². The zero-order valence-corrected chi connectivity index (χ0v) is 19.9. The van der Waals surface area contributed by atoms with E-state index in [4.69, 9.17) is 9.47 Å². The van der Waals surface area contributed by atoms with Crippen molar-refractivity contribution in [3.8, 4) is 11.5 Å². The fraction of sp³-hybridized carbons (Fsp3) is 0.462. The standard InChI is InChI=1S/C26H30F2O4/c1-13-9-15(3)20(16(4)10-13)31-23(29)19-22(26(19,27)28)25(7,8)24(30)32-21-17(5)11-14(2)12-18(21)6/h9-12,19,22H,1-8H3/t19-,22-/m0/s1. The van der Waals surface area contributed by atoms with Crippen LogP contribution in [0.3, 0.4) is 0 Å². The van der Waals surface area contributed by atoms with Crippen molar-refractivity contribution < 1.29 is 27.8 Å². The number of ether oxygens (including phenoxy) is 2. The molecular weight excluding hydrogens is 414 g/mol. The van der Waals surface area contributed by atoms with Crippen molar-refractivity contribution in [3.05, 3.63) is 57.6 Å². The molecule has 1 fully saturated rings. The topological polar surface area (TPSA) is 52.6 Å². The Morgan fingerprint density at radius 1 is 0.781 bits per heavy atom. The molecule has 2 aromatic carbocycles. The minimum atomic E-state index is -3.36. The molecule has 1 saturated carbocycles. The van der Waals surface area contributed by atoms with Crippen LogP contribution in [0.2, 0.25) is 0 Å². The third-order valence-corrected chi connectivity index (χ3v) is 6.22. The quantitative estimate of drug-likeness (QED) is 0.422. The summed E-state index contributed by atoms with van der Waals surface area (Å²) in [6.45, 7) is 13.7. The molecule has 2 atom stereocenters. The lowest BCUT2D eigenvalue weighted by atomic mass is 9.86. The summed E-state index contributed by atoms with van der Waals surface area (Å²) in [4.78, 5) is 25.7. The Bertz CT molecular complexity index is 1050. The van der Waals surface area contributed by atoms with Crippen LogP contribution in [0.1, 0.15) is 47.2 Å². The first-order valence-electron chi connectivity index (χ1n) is 10.7. The molecule has 3 rings (SSSR count). The second kappa shape index (κ2) is 7.98. The Hall–Kier alpha value is -2.76. The number of aryl methyl sites for hydroxylation is 6. The molecule has 4 nitrogen and oxygen atoms in total. The van der Waals surface area contributed by atoms with Gasteiger partial charge in [-0.1, -0.05) is 35.4 Å². The summed E-state index contributed by atoms with van der Waals surface area (Å²) in [5.74, 6) is -7.74. The molecule has 2 aromatic rings. The van der Waals surface area contributed by atoms with E-state index in [9.17, 15) is 18.4 Å². The van der Waals surface area contributed by atoms with Gasteiger partial charge >= 0.3 is 11.9 Å². The van der Waals surface area contributed by atoms with E-state index < -0.39 is 35.1 Å². The maximum atomic E-state index is 14.8. The van der Waals surface area contributed by atoms with Crippen LogP contribution in [0.15, 0.2) is 24.3 Å². The average Bonchev–Trinajstić information content (AvgIpc) is 3.24. The summed E-state index contributed by atoms with van der Waals surface area (Å²) in [7, 11) is 0. The molecule has 0 spiro atoms. The Morgan fingerprint density at radius 3 is 1.56 bits per heavy atom. The third kappa shape index (κ3) is 4.15. The highest BCUT2D eigenvalue weighted by atomic mass is 19.3. The lowest BCUT2D eigenvalue weighted by Gasteiger charge is -2.23. The van der Waals surface area contributed by atoms with E-state index in [1.165, 1.54) is 13.8 Å². The predicted molar refractivity (Wildman–Crippen MR) is 118 cm³/mol. The Labute approximate surface area is 187 Å². The van der Waals surface area contributed by atoms with Gasteiger partial charge < -0.3 is 9.47 Å². The Morgan fingerprint density at radius 2 is 1.16 bits per heavy atom. The van der Waals surface area contributed by atoms with E-state index in [0.717, 1.165) is 22.3 Å². The van der Waals surface area contributed by atoms with E-state index in [-0.39, 0.29) is 5.75 Å². The van der Waals surface area contributed by atoms with Gasteiger partial charge in [0.1, 0.15) is 17.4 Å². The van der Waals surface area contributed by atoms with Gasteiger partial charge in [-0.2, -0.15) is 0 Å². The number of carbonyl (C=O) groups is 2. The SMILES string of the molecule is Cc1cc(C)c(OC(=O)[C@@H]2[C@@H](C(C)(C)C(=O)Oc3c(C)cc(C)cc3C)C2(F)F)c(C)c1. The minimum absolute atomic E-state index is 0.285. The van der Waals surface area contributed by atoms with Gasteiger partial charge in [-0.3, -0.25) is 9.59 Å². The molecule has 1 aliphatic carbocycles. The van der Waals surface area contributed by atoms with Crippen LogP contribution in [0.25, 0.3) is 0 Å². The maximum Gasteiger partial charge on any atom is 0.321 e. The van der Waals surface area contributed by atoms with E-state index >= 15 is 0 Å². The highest BCUT2D eigenvalue weighted by Gasteiger charge is 2.79. The fourth-order valence-corrected chi connectivity index (χ4v) is 4.69. The molecule has 0 radical (unpaired) electrons. The molecule has 172 valence electrons. The van der Waals surface area contributed by atoms with Gasteiger partial charge in [0.25, 0.3) is 5.92 Å². The zero-order chi connectivity index (χ0) is 24.2. The third-order valence-electron chi connectivity index (χ3n) is 6.22. The average molecular weight is 445 g/mol. The summed E-state index contributed by atoms with van der Waals surface area (Å²) >= 11 is 0. The van der Waals surface area contributed by atoms with Gasteiger partial charge in [0.2, 0.25) is 0 Å². The fourth-order valence-electron chi connectivity index (χ4n) is 4.69. The van der Waals surface area contributed by atoms with Crippen molar-refractivity contribution >= 4 is 11.9 Å². The van der Waals surface area contributed by atoms with Gasteiger partial charge in [0.15, 0.2) is 0 Å². The number of esters is 2. The van der Waals surface area contributed by atoms with E-state index in [2.05, 4.69) is 0 Å². The summed E-state index contributed by atoms with van der Waals surface area (Å²) in [6, 6.07) is 7.37. The van der Waals surface area contributed by atoms with Gasteiger partial charge in [-0.25, -0.2) is 8.78 Å². The number of carbonyl (C=O) groups excluding carboxylic acids is 2. The van der Waals surface area contributed by atoms with Crippen LogP contribution >= 0.6 is 0 Å². The lowest BCUT2D eigenvalue weighted by molar-refractivity contribution is -0.147. The second-order valence-corrected chi connectivity index (χ2v) is 9.62. The zero-order valence-electron chi connectivity index (χ0n) is 19.9. The van der Waals surface area contributed by atoms with E-state index in [1.54, 1.807) is 27.7 Å². The van der Waals surface area contributed by atoms with Gasteiger partial charge in [-0.05, 0) is 77.6 Å². The second-order valence-electron chi connectivity index (χ2n) is 9.62. The molecule has 32 heavy (non-hydrogen) atoms. The lowest BCUT2D eigenvalue weighted by Crippen LogP contribution is -2.34. The van der Waals surface area contributed by atoms with Gasteiger partial charge in [-0.15, -0.1) is 0 Å². The molecule has 0 saturated heterocycles. The largest absolute Gasteiger partial charge is 0.426 e. The normalized spacial score (nSPS) is 19.4. The molecule has 0 amide bonds. The molecule has 0 aromatic heterocycles. The van der Waals surface area contributed by atoms with Crippen molar-refractivity contribution in [2.75, 3.05) is 0 Å². The number of benzene rings is 2. The van der Waals surface area contributed by atoms with Gasteiger partial charge in [0, 0.05) is 0 Å². The molecular formula is C26H30F2O4. The van der Waals surface area contributed by atoms with Crippen LogP contribution in [0.5, 0.6) is 11.5 Å². The first kappa shape index (κ1) is 23.9. The number of hydrogen-bond donors (Lipinski definition) is 0. The van der Waals surface area contributed by atoms with Crippen LogP contribution in [0, 0.1) is 58.8 Å². The van der Waals surface area contributed by atoms with Crippen molar-refractivity contribution in [2.45, 2.75) is 61.3 Å². The number of halogens is 2. The van der Waals surface area contributed by atoms with Crippen molar-refractivity contribution in [3.63, 3.8) is 0 Å². The number of alkyl halides is 2. The number of rotatable bonds is 5. The van der Waals surface area contributed by atoms with Crippen molar-refractivity contribution in [1.82, 2.24) is 0 Å². The molecule has 0 heterocycles. The van der Waals surface area contributed by atoms with Crippen molar-refractivity contribution in [1.29, 1.82) is 0 Å². The van der Waals surface area contributed by atoms with Crippen LogP contribution < -0.4 is 9.47 Å². The van der Waals surface area contributed by atoms with Crippen LogP contribution in [-0.2, 0) is 9.59 Å². The minimum Gasteiger partial charge on any atom is -0.426 e. The molecule has 0 bridgehead atoms. The molecule has 0 N–H and O–H groups in total. The Balaban J connectivity index is 1.81. The summed E-state index contributed by atoms with van der Waals surface area (Å²) in [6.07, 6.45) is 0. The van der Waals surface area contributed by atoms with E-state index in [0.29, 0.717) is 16.9 Å². The first-order chi connectivity index (χ1) is 14.7. The molecule has 1 aliphatic rings. The summed E-state index contributed by atoms with van der Waals surface area (Å²) in [5.41, 5.74) is 3.29. The highest BCUT2D eigenvalue weighted by molar-refractivity contribution is 5.86. The van der Waals surface area contributed by atoms with Crippen molar-refractivity contribution in [2.24, 2.45) is 17.3 Å². The maximum absolute atomic E-state index is 14.8. The van der Waals surface area contributed by atoms with Gasteiger partial charge in [0.05, 0.1) is 11.3 Å². The molecule has 0 unspecified atom stereocenters. The monoisotopic (exact) mass is 444 g/mol. The predicted octanol–water partition coefficient (Wildman–Crippen LogP) is 5.96. The summed E-state index contributed by atoms with van der Waals surface area (Å²) < 4.78 is 40.5. The molecule has 6 heteroatoms. The smallest absolute Gasteiger partial charge is 0.321 e. The number of hydrogen-bond acceptors (Lipinski definition) is 4. The first-order valence-corrected chi connectivity index (χ1v) is 10.7. The Kier molecular flexibility index (Phi) is 5.96. The highest BCUT2D eigenvalue weighted by Crippen LogP contribution is 2.63. The van der Waals surface area contributed by atoms with Crippen LogP contribution in [-0.4, -0.2) is 17.9 Å². The summed E-state index contributed by atoms with van der Waals surface area (Å²) in [5, 5.41) is 0. The molecule has 0 aliphatic heterocycles.